The molecule has 1 aromatic heterocycles. The second-order valence-electron chi connectivity index (χ2n) is 7.08. The summed E-state index contributed by atoms with van der Waals surface area (Å²) in [6, 6.07) is 7.80. The van der Waals surface area contributed by atoms with Crippen LogP contribution in [0.15, 0.2) is 30.3 Å². The molecule has 0 spiro atoms. The maximum absolute atomic E-state index is 13.1. The lowest BCUT2D eigenvalue weighted by molar-refractivity contribution is -0.117. The van der Waals surface area contributed by atoms with E-state index < -0.39 is 0 Å². The van der Waals surface area contributed by atoms with Crippen molar-refractivity contribution in [3.8, 4) is 5.69 Å². The van der Waals surface area contributed by atoms with Gasteiger partial charge < -0.3 is 11.1 Å². The topological polar surface area (TPSA) is 76.2 Å². The average molecular weight is 382 g/mol. The molecule has 1 aliphatic rings. The van der Waals surface area contributed by atoms with Gasteiger partial charge in [-0.2, -0.15) is 5.10 Å². The van der Waals surface area contributed by atoms with Crippen LogP contribution in [0.5, 0.6) is 0 Å². The lowest BCUT2D eigenvalue weighted by atomic mass is 9.90. The van der Waals surface area contributed by atoms with Gasteiger partial charge in [-0.25, -0.2) is 9.07 Å². The molecule has 142 valence electrons. The molecular formula is C18H25ClFN5O. The number of hydrogen-bond acceptors (Lipinski definition) is 4. The minimum Gasteiger partial charge on any atom is -0.330 e. The monoisotopic (exact) mass is 381 g/mol. The van der Waals surface area contributed by atoms with Crippen LogP contribution in [0.4, 0.5) is 10.2 Å². The van der Waals surface area contributed by atoms with E-state index in [1.165, 1.54) is 12.1 Å². The first kappa shape index (κ1) is 20.4. The number of carbonyl (C=O) groups is 1. The highest BCUT2D eigenvalue weighted by Crippen LogP contribution is 2.28. The Morgan fingerprint density at radius 2 is 2.08 bits per heavy atom. The van der Waals surface area contributed by atoms with Crippen molar-refractivity contribution in [1.29, 1.82) is 0 Å². The molecule has 1 atom stereocenters. The Hall–Kier alpha value is -1.96. The molecule has 1 saturated heterocycles. The summed E-state index contributed by atoms with van der Waals surface area (Å²) in [4.78, 5) is 14.5. The smallest absolute Gasteiger partial charge is 0.239 e. The Bertz CT molecular complexity index is 763. The zero-order valence-corrected chi connectivity index (χ0v) is 15.9. The van der Waals surface area contributed by atoms with Crippen LogP contribution in [0, 0.1) is 18.2 Å². The number of rotatable bonds is 5. The van der Waals surface area contributed by atoms with Gasteiger partial charge in [0.1, 0.15) is 11.6 Å². The zero-order chi connectivity index (χ0) is 18.0. The quantitative estimate of drug-likeness (QED) is 0.833. The fourth-order valence-corrected chi connectivity index (χ4v) is 3.18. The molecular weight excluding hydrogens is 357 g/mol. The molecule has 1 amide bonds. The van der Waals surface area contributed by atoms with Crippen LogP contribution in [0.1, 0.15) is 19.0 Å². The molecule has 0 aliphatic carbocycles. The highest BCUT2D eigenvalue weighted by molar-refractivity contribution is 5.91. The summed E-state index contributed by atoms with van der Waals surface area (Å²) in [5, 5.41) is 7.29. The molecule has 6 nitrogen and oxygen atoms in total. The fraction of sp³-hybridized carbons (Fsp3) is 0.444. The molecule has 1 unspecified atom stereocenters. The van der Waals surface area contributed by atoms with Gasteiger partial charge in [-0.05, 0) is 56.1 Å². The SMILES string of the molecule is Cc1cc(NC(=O)CN2CCC(C)(CN)C2)n(-c2ccc(F)cc2)n1.Cl. The van der Waals surface area contributed by atoms with Gasteiger partial charge >= 0.3 is 0 Å². The summed E-state index contributed by atoms with van der Waals surface area (Å²) in [5.74, 6) is 0.176. The van der Waals surface area contributed by atoms with Gasteiger partial charge in [-0.1, -0.05) is 6.92 Å². The van der Waals surface area contributed by atoms with Crippen LogP contribution in [-0.2, 0) is 4.79 Å². The first-order chi connectivity index (χ1) is 11.9. The highest BCUT2D eigenvalue weighted by atomic mass is 35.5. The number of benzene rings is 1. The fourth-order valence-electron chi connectivity index (χ4n) is 3.18. The maximum Gasteiger partial charge on any atom is 0.239 e. The van der Waals surface area contributed by atoms with Crippen LogP contribution in [0.2, 0.25) is 0 Å². The number of likely N-dealkylation sites (tertiary alicyclic amines) is 1. The molecule has 3 rings (SSSR count). The van der Waals surface area contributed by atoms with Crippen molar-refractivity contribution in [2.24, 2.45) is 11.1 Å². The number of aromatic nitrogens is 2. The summed E-state index contributed by atoms with van der Waals surface area (Å²) in [7, 11) is 0. The molecule has 0 bridgehead atoms. The Balaban J connectivity index is 0.00000243. The van der Waals surface area contributed by atoms with Crippen molar-refractivity contribution < 1.29 is 9.18 Å². The minimum absolute atomic E-state index is 0. The lowest BCUT2D eigenvalue weighted by Crippen LogP contribution is -2.35. The molecule has 1 aliphatic heterocycles. The van der Waals surface area contributed by atoms with E-state index in [2.05, 4.69) is 22.2 Å². The van der Waals surface area contributed by atoms with Crippen molar-refractivity contribution in [2.75, 3.05) is 31.5 Å². The predicted octanol–water partition coefficient (Wildman–Crippen LogP) is 2.35. The van der Waals surface area contributed by atoms with Gasteiger partial charge in [-0.15, -0.1) is 12.4 Å². The van der Waals surface area contributed by atoms with Gasteiger partial charge in [0.25, 0.3) is 0 Å². The van der Waals surface area contributed by atoms with Crippen molar-refractivity contribution in [2.45, 2.75) is 20.3 Å². The molecule has 8 heteroatoms. The van der Waals surface area contributed by atoms with E-state index in [9.17, 15) is 9.18 Å². The largest absolute Gasteiger partial charge is 0.330 e. The van der Waals surface area contributed by atoms with Crippen LogP contribution in [0.25, 0.3) is 5.69 Å². The number of nitrogens with zero attached hydrogens (tertiary/aromatic N) is 3. The normalized spacial score (nSPS) is 20.0. The number of amides is 1. The third kappa shape index (κ3) is 4.60. The van der Waals surface area contributed by atoms with E-state index in [1.54, 1.807) is 22.9 Å². The van der Waals surface area contributed by atoms with E-state index in [0.29, 0.717) is 24.6 Å². The third-order valence-electron chi connectivity index (χ3n) is 4.67. The lowest BCUT2D eigenvalue weighted by Gasteiger charge is -2.22. The summed E-state index contributed by atoms with van der Waals surface area (Å²) < 4.78 is 14.7. The van der Waals surface area contributed by atoms with Crippen molar-refractivity contribution in [1.82, 2.24) is 14.7 Å². The third-order valence-corrected chi connectivity index (χ3v) is 4.67. The predicted molar refractivity (Wildman–Crippen MR) is 102 cm³/mol. The van der Waals surface area contributed by atoms with Gasteiger partial charge in [0, 0.05) is 12.6 Å². The number of nitrogens with one attached hydrogen (secondary N) is 1. The minimum atomic E-state index is -0.310. The Morgan fingerprint density at radius 1 is 1.38 bits per heavy atom. The van der Waals surface area contributed by atoms with Crippen LogP contribution >= 0.6 is 12.4 Å². The summed E-state index contributed by atoms with van der Waals surface area (Å²) in [6.45, 7) is 6.65. The van der Waals surface area contributed by atoms with Crippen molar-refractivity contribution in [3.05, 3.63) is 41.8 Å². The molecule has 0 radical (unpaired) electrons. The van der Waals surface area contributed by atoms with Gasteiger partial charge in [-0.3, -0.25) is 9.69 Å². The molecule has 26 heavy (non-hydrogen) atoms. The van der Waals surface area contributed by atoms with E-state index in [0.717, 1.165) is 25.2 Å². The molecule has 2 aromatic rings. The van der Waals surface area contributed by atoms with E-state index in [-0.39, 0.29) is 29.5 Å². The second kappa shape index (κ2) is 8.16. The Morgan fingerprint density at radius 3 is 2.69 bits per heavy atom. The summed E-state index contributed by atoms with van der Waals surface area (Å²) in [6.07, 6.45) is 1.00. The summed E-state index contributed by atoms with van der Waals surface area (Å²) in [5.41, 5.74) is 7.38. The molecule has 2 heterocycles. The maximum atomic E-state index is 13.1. The van der Waals surface area contributed by atoms with E-state index >= 15 is 0 Å². The van der Waals surface area contributed by atoms with Crippen molar-refractivity contribution in [3.63, 3.8) is 0 Å². The molecule has 1 aromatic carbocycles. The van der Waals surface area contributed by atoms with Crippen LogP contribution in [0.3, 0.4) is 0 Å². The van der Waals surface area contributed by atoms with Gasteiger partial charge in [0.05, 0.1) is 17.9 Å². The van der Waals surface area contributed by atoms with Crippen LogP contribution < -0.4 is 11.1 Å². The number of hydrogen-bond donors (Lipinski definition) is 2. The number of halogens is 2. The first-order valence-electron chi connectivity index (χ1n) is 8.43. The Labute approximate surface area is 159 Å². The number of carbonyl (C=O) groups excluding carboxylic acids is 1. The van der Waals surface area contributed by atoms with Crippen LogP contribution in [-0.4, -0.2) is 46.8 Å². The standard InChI is InChI=1S/C18H24FN5O.ClH/c1-13-9-16(24(22-13)15-5-3-14(19)4-6-15)21-17(25)10-23-8-7-18(2,11-20)12-23;/h3-6,9H,7-8,10-12,20H2,1-2H3,(H,21,25);1H. The first-order valence-corrected chi connectivity index (χ1v) is 8.43. The highest BCUT2D eigenvalue weighted by Gasteiger charge is 2.33. The number of anilines is 1. The zero-order valence-electron chi connectivity index (χ0n) is 15.0. The molecule has 1 fully saturated rings. The molecule has 0 saturated carbocycles. The van der Waals surface area contributed by atoms with Gasteiger partial charge in [0.2, 0.25) is 5.91 Å². The van der Waals surface area contributed by atoms with Crippen molar-refractivity contribution >= 4 is 24.1 Å². The molecule has 3 N–H and O–H groups in total. The summed E-state index contributed by atoms with van der Waals surface area (Å²) >= 11 is 0. The van der Waals surface area contributed by atoms with E-state index in [4.69, 9.17) is 5.73 Å². The number of aryl methyl sites for hydroxylation is 1. The Kier molecular flexibility index (Phi) is 6.39. The number of nitrogens with two attached hydrogens (primary N) is 1. The second-order valence-corrected chi connectivity index (χ2v) is 7.08. The van der Waals surface area contributed by atoms with E-state index in [1.807, 2.05) is 6.92 Å². The van der Waals surface area contributed by atoms with Gasteiger partial charge in [0.15, 0.2) is 0 Å². The average Bonchev–Trinajstić information content (AvgIpc) is 3.12.